The molecule has 3 heteroatoms. The molecule has 0 radical (unpaired) electrons. The molecule has 2 bridgehead atoms. The number of hydrogen-bond acceptors (Lipinski definition) is 1. The van der Waals surface area contributed by atoms with Crippen LogP contribution in [-0.2, 0) is 4.79 Å². The van der Waals surface area contributed by atoms with Crippen molar-refractivity contribution in [1.29, 1.82) is 0 Å². The van der Waals surface area contributed by atoms with Crippen molar-refractivity contribution in [2.45, 2.75) is 26.2 Å². The van der Waals surface area contributed by atoms with Crippen molar-refractivity contribution in [1.82, 2.24) is 4.90 Å². The molecule has 0 aromatic rings. The summed E-state index contributed by atoms with van der Waals surface area (Å²) < 4.78 is 0. The van der Waals surface area contributed by atoms with Crippen molar-refractivity contribution in [2.24, 2.45) is 29.6 Å². The number of alkyl halides is 1. The van der Waals surface area contributed by atoms with Gasteiger partial charge in [-0.2, -0.15) is 0 Å². The number of rotatable bonds is 4. The maximum absolute atomic E-state index is 12.3. The molecule has 0 aromatic carbocycles. The molecule has 90 valence electrons. The topological polar surface area (TPSA) is 20.3 Å². The van der Waals surface area contributed by atoms with Crippen LogP contribution >= 0.6 is 11.6 Å². The van der Waals surface area contributed by atoms with Gasteiger partial charge in [0, 0.05) is 24.9 Å². The Bertz CT molecular complexity index is 290. The lowest BCUT2D eigenvalue weighted by atomic mass is 10.0. The molecule has 0 aromatic heterocycles. The molecule has 0 saturated heterocycles. The van der Waals surface area contributed by atoms with E-state index < -0.39 is 0 Å². The summed E-state index contributed by atoms with van der Waals surface area (Å²) >= 11 is 5.74. The fourth-order valence-electron chi connectivity index (χ4n) is 4.39. The van der Waals surface area contributed by atoms with Crippen molar-refractivity contribution in [3.05, 3.63) is 0 Å². The van der Waals surface area contributed by atoms with Crippen LogP contribution in [0.15, 0.2) is 0 Å². The van der Waals surface area contributed by atoms with Crippen molar-refractivity contribution in [3.63, 3.8) is 0 Å². The standard InChI is InChI=1S/C13H20ClNO/c1-2-15(6-5-14)13(16)12-10-8-3-4-9(7-8)11(10)12/h8-12H,2-7H2,1H3. The average molecular weight is 242 g/mol. The van der Waals surface area contributed by atoms with Crippen LogP contribution in [0.3, 0.4) is 0 Å². The number of nitrogens with zero attached hydrogens (tertiary/aromatic N) is 1. The van der Waals surface area contributed by atoms with Gasteiger partial charge in [0.05, 0.1) is 0 Å². The van der Waals surface area contributed by atoms with Gasteiger partial charge in [-0.1, -0.05) is 0 Å². The first-order valence-corrected chi connectivity index (χ1v) is 7.16. The van der Waals surface area contributed by atoms with E-state index in [1.54, 1.807) is 0 Å². The van der Waals surface area contributed by atoms with Gasteiger partial charge >= 0.3 is 0 Å². The Balaban J connectivity index is 1.65. The number of amides is 1. The van der Waals surface area contributed by atoms with Crippen molar-refractivity contribution in [2.75, 3.05) is 19.0 Å². The Kier molecular flexibility index (Phi) is 2.66. The van der Waals surface area contributed by atoms with Crippen LogP contribution < -0.4 is 0 Å². The average Bonchev–Trinajstić information content (AvgIpc) is 2.74. The summed E-state index contributed by atoms with van der Waals surface area (Å²) in [6.07, 6.45) is 4.19. The summed E-state index contributed by atoms with van der Waals surface area (Å²) in [4.78, 5) is 14.3. The van der Waals surface area contributed by atoms with Crippen LogP contribution in [-0.4, -0.2) is 29.8 Å². The molecular weight excluding hydrogens is 222 g/mol. The number of fused-ring (bicyclic) bond motifs is 5. The van der Waals surface area contributed by atoms with Gasteiger partial charge < -0.3 is 4.90 Å². The monoisotopic (exact) mass is 241 g/mol. The molecule has 16 heavy (non-hydrogen) atoms. The van der Waals surface area contributed by atoms with Crippen molar-refractivity contribution < 1.29 is 4.79 Å². The van der Waals surface area contributed by atoms with E-state index in [-0.39, 0.29) is 0 Å². The minimum Gasteiger partial charge on any atom is -0.342 e. The Morgan fingerprint density at radius 2 is 1.94 bits per heavy atom. The third-order valence-corrected chi connectivity index (χ3v) is 5.24. The maximum Gasteiger partial charge on any atom is 0.226 e. The van der Waals surface area contributed by atoms with E-state index in [0.29, 0.717) is 17.7 Å². The van der Waals surface area contributed by atoms with Gasteiger partial charge in [0.15, 0.2) is 0 Å². The van der Waals surface area contributed by atoms with E-state index in [1.807, 2.05) is 4.90 Å². The molecule has 0 spiro atoms. The smallest absolute Gasteiger partial charge is 0.226 e. The van der Waals surface area contributed by atoms with Gasteiger partial charge in [-0.25, -0.2) is 0 Å². The lowest BCUT2D eigenvalue weighted by Gasteiger charge is -2.21. The molecule has 4 atom stereocenters. The molecule has 3 saturated carbocycles. The van der Waals surface area contributed by atoms with Gasteiger partial charge in [-0.05, 0) is 49.9 Å². The molecule has 0 aliphatic heterocycles. The Labute approximate surface area is 102 Å². The van der Waals surface area contributed by atoms with Gasteiger partial charge in [0.25, 0.3) is 0 Å². The molecule has 4 unspecified atom stereocenters. The number of carbonyl (C=O) groups excluding carboxylic acids is 1. The van der Waals surface area contributed by atoms with Gasteiger partial charge in [-0.15, -0.1) is 11.6 Å². The van der Waals surface area contributed by atoms with Gasteiger partial charge in [0.2, 0.25) is 5.91 Å². The van der Waals surface area contributed by atoms with Crippen LogP contribution in [0.5, 0.6) is 0 Å². The summed E-state index contributed by atoms with van der Waals surface area (Å²) in [6, 6.07) is 0. The van der Waals surface area contributed by atoms with E-state index in [1.165, 1.54) is 19.3 Å². The summed E-state index contributed by atoms with van der Waals surface area (Å²) in [6.45, 7) is 3.59. The summed E-state index contributed by atoms with van der Waals surface area (Å²) in [5.41, 5.74) is 0. The lowest BCUT2D eigenvalue weighted by Crippen LogP contribution is -2.35. The fourth-order valence-corrected chi connectivity index (χ4v) is 4.60. The van der Waals surface area contributed by atoms with Crippen LogP contribution in [0.4, 0.5) is 0 Å². The maximum atomic E-state index is 12.3. The molecule has 3 rings (SSSR count). The second kappa shape index (κ2) is 3.90. The zero-order valence-electron chi connectivity index (χ0n) is 9.86. The number of carbonyl (C=O) groups is 1. The normalized spacial score (nSPS) is 43.2. The number of halogens is 1. The second-order valence-corrected chi connectivity index (χ2v) is 6.00. The van der Waals surface area contributed by atoms with E-state index in [4.69, 9.17) is 11.6 Å². The lowest BCUT2D eigenvalue weighted by molar-refractivity contribution is -0.133. The van der Waals surface area contributed by atoms with Crippen LogP contribution in [0.1, 0.15) is 26.2 Å². The summed E-state index contributed by atoms with van der Waals surface area (Å²) in [5, 5.41) is 0. The number of hydrogen-bond donors (Lipinski definition) is 0. The minimum absolute atomic E-state index is 0.384. The molecule has 0 heterocycles. The molecule has 1 amide bonds. The molecular formula is C13H20ClNO. The highest BCUT2D eigenvalue weighted by Crippen LogP contribution is 2.69. The van der Waals surface area contributed by atoms with E-state index in [9.17, 15) is 4.79 Å². The van der Waals surface area contributed by atoms with Crippen LogP contribution in [0, 0.1) is 29.6 Å². The molecule has 2 nitrogen and oxygen atoms in total. The quantitative estimate of drug-likeness (QED) is 0.692. The Morgan fingerprint density at radius 1 is 1.31 bits per heavy atom. The highest BCUT2D eigenvalue weighted by molar-refractivity contribution is 6.18. The zero-order valence-corrected chi connectivity index (χ0v) is 10.6. The molecule has 3 aliphatic carbocycles. The predicted molar refractivity (Wildman–Crippen MR) is 64.3 cm³/mol. The summed E-state index contributed by atoms with van der Waals surface area (Å²) in [5.74, 6) is 4.64. The van der Waals surface area contributed by atoms with Crippen LogP contribution in [0.2, 0.25) is 0 Å². The van der Waals surface area contributed by atoms with E-state index in [2.05, 4.69) is 6.92 Å². The molecule has 3 fully saturated rings. The first-order chi connectivity index (χ1) is 7.77. The SMILES string of the molecule is CCN(CCCl)C(=O)C1C2C3CCC(C3)C12. The first-order valence-electron chi connectivity index (χ1n) is 6.62. The van der Waals surface area contributed by atoms with Crippen molar-refractivity contribution in [3.8, 4) is 0 Å². The van der Waals surface area contributed by atoms with Gasteiger partial charge in [0.1, 0.15) is 0 Å². The fraction of sp³-hybridized carbons (Fsp3) is 0.923. The van der Waals surface area contributed by atoms with Crippen molar-refractivity contribution >= 4 is 17.5 Å². The first kappa shape index (κ1) is 10.9. The van der Waals surface area contributed by atoms with E-state index >= 15 is 0 Å². The zero-order chi connectivity index (χ0) is 11.3. The summed E-state index contributed by atoms with van der Waals surface area (Å²) in [7, 11) is 0. The third kappa shape index (κ3) is 1.42. The largest absolute Gasteiger partial charge is 0.342 e. The van der Waals surface area contributed by atoms with Gasteiger partial charge in [-0.3, -0.25) is 4.79 Å². The van der Waals surface area contributed by atoms with E-state index in [0.717, 1.165) is 36.8 Å². The Morgan fingerprint density at radius 3 is 2.44 bits per heavy atom. The molecule has 0 N–H and O–H groups in total. The van der Waals surface area contributed by atoms with Crippen LogP contribution in [0.25, 0.3) is 0 Å². The molecule has 3 aliphatic rings. The second-order valence-electron chi connectivity index (χ2n) is 5.62. The third-order valence-electron chi connectivity index (χ3n) is 5.07. The minimum atomic E-state index is 0.384. The predicted octanol–water partition coefficient (Wildman–Crippen LogP) is 2.37. The highest BCUT2D eigenvalue weighted by atomic mass is 35.5. The highest BCUT2D eigenvalue weighted by Gasteiger charge is 2.67. The Hall–Kier alpha value is -0.240.